The highest BCUT2D eigenvalue weighted by Gasteiger charge is 2.39. The Morgan fingerprint density at radius 1 is 1.07 bits per heavy atom. The molecule has 2 heterocycles. The summed E-state index contributed by atoms with van der Waals surface area (Å²) >= 11 is 0. The summed E-state index contributed by atoms with van der Waals surface area (Å²) in [4.78, 5) is 43.5. The smallest absolute Gasteiger partial charge is 0.228 e. The van der Waals surface area contributed by atoms with Crippen LogP contribution in [0.25, 0.3) is 0 Å². The van der Waals surface area contributed by atoms with Crippen LogP contribution in [0.2, 0.25) is 0 Å². The second-order valence-electron chi connectivity index (χ2n) is 8.16. The average Bonchev–Trinajstić information content (AvgIpc) is 3.15. The zero-order valence-corrected chi connectivity index (χ0v) is 17.8. The van der Waals surface area contributed by atoms with Gasteiger partial charge in [-0.3, -0.25) is 14.4 Å². The van der Waals surface area contributed by atoms with Crippen molar-refractivity contribution in [2.24, 2.45) is 11.8 Å². The quantitative estimate of drug-likeness (QED) is 0.651. The van der Waals surface area contributed by atoms with Crippen molar-refractivity contribution in [3.8, 4) is 0 Å². The molecule has 160 valence electrons. The zero-order valence-electron chi connectivity index (χ0n) is 17.8. The number of carbonyl (C=O) groups is 3. The van der Waals surface area contributed by atoms with Crippen molar-refractivity contribution in [3.63, 3.8) is 0 Å². The summed E-state index contributed by atoms with van der Waals surface area (Å²) in [6.07, 6.45) is 4.99. The fourth-order valence-corrected chi connectivity index (χ4v) is 4.28. The van der Waals surface area contributed by atoms with Crippen molar-refractivity contribution in [2.75, 3.05) is 37.6 Å². The Balaban J connectivity index is 1.56. The Bertz CT molecular complexity index is 799. The summed E-state index contributed by atoms with van der Waals surface area (Å²) in [5.41, 5.74) is 1.98. The third-order valence-corrected chi connectivity index (χ3v) is 5.99. The third-order valence-electron chi connectivity index (χ3n) is 5.99. The van der Waals surface area contributed by atoms with Crippen molar-refractivity contribution in [2.45, 2.75) is 26.2 Å². The summed E-state index contributed by atoms with van der Waals surface area (Å²) in [5, 5.41) is 0. The van der Waals surface area contributed by atoms with E-state index < -0.39 is 0 Å². The molecule has 30 heavy (non-hydrogen) atoms. The first-order chi connectivity index (χ1) is 14.4. The normalized spacial score (nSPS) is 19.6. The topological polar surface area (TPSA) is 60.9 Å². The van der Waals surface area contributed by atoms with Crippen LogP contribution in [0.1, 0.15) is 24.8 Å². The molecule has 3 rings (SSSR count). The van der Waals surface area contributed by atoms with Gasteiger partial charge in [0.15, 0.2) is 0 Å². The van der Waals surface area contributed by atoms with Gasteiger partial charge in [0.25, 0.3) is 0 Å². The van der Waals surface area contributed by atoms with E-state index in [-0.39, 0.29) is 36.0 Å². The van der Waals surface area contributed by atoms with Crippen molar-refractivity contribution in [1.82, 2.24) is 9.80 Å². The second-order valence-corrected chi connectivity index (χ2v) is 8.16. The number of nitrogens with zero attached hydrogens (tertiary/aromatic N) is 3. The van der Waals surface area contributed by atoms with E-state index in [9.17, 15) is 14.4 Å². The largest absolute Gasteiger partial charge is 0.342 e. The third kappa shape index (κ3) is 4.81. The van der Waals surface area contributed by atoms with Crippen LogP contribution in [0.4, 0.5) is 5.69 Å². The molecule has 0 unspecified atom stereocenters. The number of carbonyl (C=O) groups excluding carboxylic acids is 3. The Hall–Kier alpha value is -2.89. The van der Waals surface area contributed by atoms with E-state index in [1.807, 2.05) is 36.1 Å². The summed E-state index contributed by atoms with van der Waals surface area (Å²) < 4.78 is 0. The first-order valence-electron chi connectivity index (χ1n) is 10.6. The average molecular weight is 410 g/mol. The summed E-state index contributed by atoms with van der Waals surface area (Å²) in [6.45, 7) is 12.0. The van der Waals surface area contributed by atoms with Gasteiger partial charge in [-0.15, -0.1) is 13.2 Å². The summed E-state index contributed by atoms with van der Waals surface area (Å²) in [6, 6.07) is 7.80. The fraction of sp³-hybridized carbons (Fsp3) is 0.458. The van der Waals surface area contributed by atoms with E-state index in [0.717, 1.165) is 11.3 Å². The van der Waals surface area contributed by atoms with Crippen molar-refractivity contribution < 1.29 is 14.4 Å². The molecule has 2 fully saturated rings. The number of likely N-dealkylation sites (tertiary alicyclic amines) is 1. The van der Waals surface area contributed by atoms with Gasteiger partial charge in [0.2, 0.25) is 17.7 Å². The molecule has 0 N–H and O–H groups in total. The van der Waals surface area contributed by atoms with E-state index in [0.29, 0.717) is 45.6 Å². The van der Waals surface area contributed by atoms with Gasteiger partial charge in [0.05, 0.1) is 5.92 Å². The van der Waals surface area contributed by atoms with Crippen molar-refractivity contribution >= 4 is 23.4 Å². The molecular formula is C24H31N3O3. The number of amides is 3. The molecule has 6 heteroatoms. The molecular weight excluding hydrogens is 378 g/mol. The SMILES string of the molecule is C=CCN(CC=C)C(=O)C1CCN(C(=O)[C@H]2CC(=O)N(c3ccc(C)cc3)C2)CC1. The van der Waals surface area contributed by atoms with E-state index in [1.54, 1.807) is 22.0 Å². The van der Waals surface area contributed by atoms with Crippen molar-refractivity contribution in [1.29, 1.82) is 0 Å². The van der Waals surface area contributed by atoms with E-state index in [1.165, 1.54) is 0 Å². The molecule has 0 spiro atoms. The lowest BCUT2D eigenvalue weighted by Gasteiger charge is -2.35. The van der Waals surface area contributed by atoms with Gasteiger partial charge in [-0.25, -0.2) is 0 Å². The van der Waals surface area contributed by atoms with Crippen LogP contribution >= 0.6 is 0 Å². The van der Waals surface area contributed by atoms with Crippen LogP contribution in [0.15, 0.2) is 49.6 Å². The highest BCUT2D eigenvalue weighted by molar-refractivity contribution is 6.00. The number of piperidine rings is 1. The molecule has 0 aromatic heterocycles. The molecule has 0 radical (unpaired) electrons. The molecule has 6 nitrogen and oxygen atoms in total. The van der Waals surface area contributed by atoms with Crippen LogP contribution in [0.5, 0.6) is 0 Å². The summed E-state index contributed by atoms with van der Waals surface area (Å²) in [5.74, 6) is -0.277. The van der Waals surface area contributed by atoms with Gasteiger partial charge >= 0.3 is 0 Å². The Labute approximate surface area is 178 Å². The first kappa shape index (κ1) is 21.8. The van der Waals surface area contributed by atoms with Crippen LogP contribution < -0.4 is 4.90 Å². The molecule has 0 bridgehead atoms. The molecule has 0 saturated carbocycles. The Morgan fingerprint density at radius 2 is 1.67 bits per heavy atom. The molecule has 3 amide bonds. The number of benzene rings is 1. The van der Waals surface area contributed by atoms with E-state index >= 15 is 0 Å². The number of hydrogen-bond acceptors (Lipinski definition) is 3. The monoisotopic (exact) mass is 409 g/mol. The van der Waals surface area contributed by atoms with Gasteiger partial charge in [-0.05, 0) is 31.9 Å². The highest BCUT2D eigenvalue weighted by atomic mass is 16.2. The number of hydrogen-bond donors (Lipinski definition) is 0. The van der Waals surface area contributed by atoms with Crippen LogP contribution in [-0.2, 0) is 14.4 Å². The first-order valence-corrected chi connectivity index (χ1v) is 10.6. The highest BCUT2D eigenvalue weighted by Crippen LogP contribution is 2.28. The Kier molecular flexibility index (Phi) is 7.08. The van der Waals surface area contributed by atoms with Crippen molar-refractivity contribution in [3.05, 3.63) is 55.1 Å². The van der Waals surface area contributed by atoms with Crippen LogP contribution in [-0.4, -0.2) is 60.2 Å². The minimum Gasteiger partial charge on any atom is -0.342 e. The molecule has 1 atom stereocenters. The molecule has 1 aromatic carbocycles. The number of aryl methyl sites for hydroxylation is 1. The lowest BCUT2D eigenvalue weighted by atomic mass is 9.94. The fourth-order valence-electron chi connectivity index (χ4n) is 4.28. The predicted molar refractivity (Wildman–Crippen MR) is 118 cm³/mol. The lowest BCUT2D eigenvalue weighted by molar-refractivity contribution is -0.142. The van der Waals surface area contributed by atoms with Gasteiger partial charge in [-0.2, -0.15) is 0 Å². The van der Waals surface area contributed by atoms with Gasteiger partial charge in [0, 0.05) is 50.7 Å². The molecule has 1 aromatic rings. The maximum atomic E-state index is 13.0. The minimum atomic E-state index is -0.316. The standard InChI is InChI=1S/C24H31N3O3/c1-4-12-25(13-5-2)23(29)19-10-14-26(15-11-19)24(30)20-16-22(28)27(17-20)21-8-6-18(3)7-9-21/h4-9,19-20H,1-2,10-17H2,3H3/t20-/m0/s1. The molecule has 0 aliphatic carbocycles. The van der Waals surface area contributed by atoms with Crippen LogP contribution in [0, 0.1) is 18.8 Å². The molecule has 2 aliphatic rings. The summed E-state index contributed by atoms with van der Waals surface area (Å²) in [7, 11) is 0. The maximum absolute atomic E-state index is 13.0. The predicted octanol–water partition coefficient (Wildman–Crippen LogP) is 2.79. The maximum Gasteiger partial charge on any atom is 0.228 e. The second kappa shape index (κ2) is 9.74. The van der Waals surface area contributed by atoms with Gasteiger partial charge in [0.1, 0.15) is 0 Å². The van der Waals surface area contributed by atoms with E-state index in [2.05, 4.69) is 13.2 Å². The Morgan fingerprint density at radius 3 is 2.23 bits per heavy atom. The number of rotatable bonds is 7. The molecule has 2 aliphatic heterocycles. The number of anilines is 1. The van der Waals surface area contributed by atoms with Crippen LogP contribution in [0.3, 0.4) is 0 Å². The molecule has 2 saturated heterocycles. The van der Waals surface area contributed by atoms with E-state index in [4.69, 9.17) is 0 Å². The minimum absolute atomic E-state index is 0.00763. The zero-order chi connectivity index (χ0) is 21.7. The van der Waals surface area contributed by atoms with Gasteiger partial charge in [-0.1, -0.05) is 29.8 Å². The lowest BCUT2D eigenvalue weighted by Crippen LogP contribution is -2.46. The van der Waals surface area contributed by atoms with Gasteiger partial charge < -0.3 is 14.7 Å².